The number of rotatable bonds is 7. The van der Waals surface area contributed by atoms with Gasteiger partial charge >= 0.3 is 0 Å². The van der Waals surface area contributed by atoms with Gasteiger partial charge in [-0.15, -0.1) is 12.4 Å². The van der Waals surface area contributed by atoms with Crippen molar-refractivity contribution < 1.29 is 9.18 Å². The maximum Gasteiger partial charge on any atom is 0.237 e. The molecule has 1 aromatic rings. The van der Waals surface area contributed by atoms with Gasteiger partial charge in [0.2, 0.25) is 5.91 Å². The lowest BCUT2D eigenvalue weighted by atomic mass is 9.99. The molecule has 0 radical (unpaired) electrons. The van der Waals surface area contributed by atoms with E-state index in [0.717, 1.165) is 44.8 Å². The number of anilines is 1. The summed E-state index contributed by atoms with van der Waals surface area (Å²) in [6, 6.07) is 6.21. The third kappa shape index (κ3) is 6.45. The summed E-state index contributed by atoms with van der Waals surface area (Å²) >= 11 is 0. The first kappa shape index (κ1) is 21.7. The Labute approximate surface area is 156 Å². The first-order chi connectivity index (χ1) is 11.5. The number of nitrogens with zero attached hydrogens (tertiary/aromatic N) is 2. The molecule has 0 aromatic heterocycles. The SMILES string of the molecule is CCC(C)C(N)C(=O)NCCN1CCN(c2ccc(F)cc2)CC1.Cl. The van der Waals surface area contributed by atoms with Crippen LogP contribution in [0, 0.1) is 11.7 Å². The number of benzene rings is 1. The summed E-state index contributed by atoms with van der Waals surface area (Å²) in [5, 5.41) is 2.93. The predicted octanol–water partition coefficient (Wildman–Crippen LogP) is 1.86. The molecule has 25 heavy (non-hydrogen) atoms. The maximum atomic E-state index is 13.0. The van der Waals surface area contributed by atoms with E-state index < -0.39 is 6.04 Å². The lowest BCUT2D eigenvalue weighted by Crippen LogP contribution is -2.50. The predicted molar refractivity (Wildman–Crippen MR) is 103 cm³/mol. The summed E-state index contributed by atoms with van der Waals surface area (Å²) in [6.07, 6.45) is 0.903. The van der Waals surface area contributed by atoms with Crippen molar-refractivity contribution in [2.45, 2.75) is 26.3 Å². The highest BCUT2D eigenvalue weighted by atomic mass is 35.5. The van der Waals surface area contributed by atoms with Gasteiger partial charge in [-0.1, -0.05) is 20.3 Å². The smallest absolute Gasteiger partial charge is 0.237 e. The Morgan fingerprint density at radius 3 is 2.40 bits per heavy atom. The van der Waals surface area contributed by atoms with Crippen LogP contribution in [0.15, 0.2) is 24.3 Å². The number of hydrogen-bond donors (Lipinski definition) is 2. The van der Waals surface area contributed by atoms with Gasteiger partial charge in [0.25, 0.3) is 0 Å². The molecule has 0 spiro atoms. The molecule has 1 amide bonds. The third-order valence-corrected chi connectivity index (χ3v) is 4.85. The van der Waals surface area contributed by atoms with E-state index in [-0.39, 0.29) is 30.0 Å². The molecule has 2 unspecified atom stereocenters. The largest absolute Gasteiger partial charge is 0.369 e. The zero-order valence-electron chi connectivity index (χ0n) is 15.1. The fourth-order valence-corrected chi connectivity index (χ4v) is 2.85. The third-order valence-electron chi connectivity index (χ3n) is 4.85. The first-order valence-electron chi connectivity index (χ1n) is 8.77. The van der Waals surface area contributed by atoms with Crippen LogP contribution in [0.5, 0.6) is 0 Å². The summed E-state index contributed by atoms with van der Waals surface area (Å²) in [7, 11) is 0. The Hall–Kier alpha value is -1.37. The highest BCUT2D eigenvalue weighted by Gasteiger charge is 2.20. The molecule has 1 aromatic carbocycles. The van der Waals surface area contributed by atoms with E-state index in [1.807, 2.05) is 26.0 Å². The number of halogens is 2. The van der Waals surface area contributed by atoms with Gasteiger partial charge in [0.1, 0.15) is 5.82 Å². The number of nitrogens with two attached hydrogens (primary N) is 1. The quantitative estimate of drug-likeness (QED) is 0.767. The summed E-state index contributed by atoms with van der Waals surface area (Å²) in [4.78, 5) is 16.5. The molecule has 142 valence electrons. The minimum Gasteiger partial charge on any atom is -0.369 e. The number of piperazine rings is 1. The molecule has 0 saturated carbocycles. The summed E-state index contributed by atoms with van der Waals surface area (Å²) in [5.74, 6) is -0.0673. The van der Waals surface area contributed by atoms with Crippen LogP contribution >= 0.6 is 12.4 Å². The van der Waals surface area contributed by atoms with E-state index in [2.05, 4.69) is 15.1 Å². The van der Waals surface area contributed by atoms with E-state index in [9.17, 15) is 9.18 Å². The van der Waals surface area contributed by atoms with Crippen molar-refractivity contribution in [3.05, 3.63) is 30.1 Å². The van der Waals surface area contributed by atoms with Gasteiger partial charge in [0, 0.05) is 45.0 Å². The number of amides is 1. The van der Waals surface area contributed by atoms with E-state index in [0.29, 0.717) is 6.54 Å². The van der Waals surface area contributed by atoms with Crippen LogP contribution in [0.4, 0.5) is 10.1 Å². The second-order valence-corrected chi connectivity index (χ2v) is 6.51. The van der Waals surface area contributed by atoms with E-state index in [1.165, 1.54) is 12.1 Å². The average Bonchev–Trinajstić information content (AvgIpc) is 2.61. The molecule has 2 atom stereocenters. The van der Waals surface area contributed by atoms with Crippen molar-refractivity contribution in [2.24, 2.45) is 11.7 Å². The van der Waals surface area contributed by atoms with Crippen molar-refractivity contribution in [3.63, 3.8) is 0 Å². The molecule has 1 saturated heterocycles. The van der Waals surface area contributed by atoms with Gasteiger partial charge in [-0.3, -0.25) is 9.69 Å². The van der Waals surface area contributed by atoms with Gasteiger partial charge in [0.15, 0.2) is 0 Å². The van der Waals surface area contributed by atoms with Crippen LogP contribution in [0.1, 0.15) is 20.3 Å². The monoisotopic (exact) mass is 372 g/mol. The molecule has 5 nitrogen and oxygen atoms in total. The van der Waals surface area contributed by atoms with Gasteiger partial charge in [-0.2, -0.15) is 0 Å². The minimum absolute atomic E-state index is 0. The molecule has 0 aliphatic carbocycles. The standard InChI is InChI=1S/C18H29FN4O.ClH/c1-3-14(2)17(20)18(24)21-8-9-22-10-12-23(13-11-22)16-6-4-15(19)5-7-16;/h4-7,14,17H,3,8-13,20H2,1-2H3,(H,21,24);1H. The van der Waals surface area contributed by atoms with Crippen molar-refractivity contribution in [3.8, 4) is 0 Å². The fraction of sp³-hybridized carbons (Fsp3) is 0.611. The Balaban J connectivity index is 0.00000312. The van der Waals surface area contributed by atoms with Gasteiger partial charge in [-0.25, -0.2) is 4.39 Å². The first-order valence-corrected chi connectivity index (χ1v) is 8.77. The lowest BCUT2D eigenvalue weighted by Gasteiger charge is -2.36. The van der Waals surface area contributed by atoms with Crippen molar-refractivity contribution in [2.75, 3.05) is 44.2 Å². The maximum absolute atomic E-state index is 13.0. The van der Waals surface area contributed by atoms with Crippen molar-refractivity contribution in [1.82, 2.24) is 10.2 Å². The summed E-state index contributed by atoms with van der Waals surface area (Å²) in [5.41, 5.74) is 6.98. The zero-order valence-corrected chi connectivity index (χ0v) is 15.9. The molecule has 1 aliphatic rings. The number of carbonyl (C=O) groups excluding carboxylic acids is 1. The van der Waals surface area contributed by atoms with Crippen LogP contribution in [-0.2, 0) is 4.79 Å². The molecular formula is C18H30ClFN4O. The molecule has 7 heteroatoms. The number of hydrogen-bond acceptors (Lipinski definition) is 4. The van der Waals surface area contributed by atoms with Gasteiger partial charge < -0.3 is 16.0 Å². The minimum atomic E-state index is -0.426. The molecule has 2 rings (SSSR count). The fourth-order valence-electron chi connectivity index (χ4n) is 2.85. The molecule has 1 aliphatic heterocycles. The lowest BCUT2D eigenvalue weighted by molar-refractivity contribution is -0.123. The summed E-state index contributed by atoms with van der Waals surface area (Å²) in [6.45, 7) is 9.18. The number of nitrogens with one attached hydrogen (secondary N) is 1. The zero-order chi connectivity index (χ0) is 17.5. The molecule has 3 N–H and O–H groups in total. The number of carbonyl (C=O) groups is 1. The van der Waals surface area contributed by atoms with Crippen molar-refractivity contribution in [1.29, 1.82) is 0 Å². The second-order valence-electron chi connectivity index (χ2n) is 6.51. The Morgan fingerprint density at radius 2 is 1.84 bits per heavy atom. The Bertz CT molecular complexity index is 520. The second kappa shape index (κ2) is 10.6. The molecular weight excluding hydrogens is 343 g/mol. The van der Waals surface area contributed by atoms with Crippen LogP contribution in [0.2, 0.25) is 0 Å². The van der Waals surface area contributed by atoms with Gasteiger partial charge in [0.05, 0.1) is 6.04 Å². The Morgan fingerprint density at radius 1 is 1.24 bits per heavy atom. The van der Waals surface area contributed by atoms with Crippen LogP contribution in [-0.4, -0.2) is 56.1 Å². The molecule has 1 fully saturated rings. The van der Waals surface area contributed by atoms with E-state index >= 15 is 0 Å². The van der Waals surface area contributed by atoms with Crippen molar-refractivity contribution >= 4 is 24.0 Å². The van der Waals surface area contributed by atoms with E-state index in [4.69, 9.17) is 5.73 Å². The highest BCUT2D eigenvalue weighted by molar-refractivity contribution is 5.85. The topological polar surface area (TPSA) is 61.6 Å². The van der Waals surface area contributed by atoms with Gasteiger partial charge in [-0.05, 0) is 30.2 Å². The summed E-state index contributed by atoms with van der Waals surface area (Å²) < 4.78 is 13.0. The normalized spacial score (nSPS) is 17.5. The average molecular weight is 373 g/mol. The van der Waals surface area contributed by atoms with Crippen LogP contribution in [0.3, 0.4) is 0 Å². The molecule has 1 heterocycles. The van der Waals surface area contributed by atoms with E-state index in [1.54, 1.807) is 0 Å². The molecule has 0 bridgehead atoms. The van der Waals surface area contributed by atoms with Crippen LogP contribution in [0.25, 0.3) is 0 Å². The highest BCUT2D eigenvalue weighted by Crippen LogP contribution is 2.16. The van der Waals surface area contributed by atoms with Crippen LogP contribution < -0.4 is 16.0 Å². The Kier molecular flexibility index (Phi) is 9.17.